The van der Waals surface area contributed by atoms with Gasteiger partial charge in [0.1, 0.15) is 6.26 Å². The Bertz CT molecular complexity index is 740. The van der Waals surface area contributed by atoms with Crippen molar-refractivity contribution in [2.75, 3.05) is 0 Å². The molecule has 0 spiro atoms. The second kappa shape index (κ2) is 7.55. The maximum Gasteiger partial charge on any atom is 0.308 e. The molecule has 21 heavy (non-hydrogen) atoms. The predicted molar refractivity (Wildman–Crippen MR) is 83.2 cm³/mol. The van der Waals surface area contributed by atoms with Gasteiger partial charge in [0.05, 0.1) is 0 Å². The van der Waals surface area contributed by atoms with Crippen molar-refractivity contribution in [3.63, 3.8) is 0 Å². The van der Waals surface area contributed by atoms with Crippen LogP contribution in [0.1, 0.15) is 23.6 Å². The summed E-state index contributed by atoms with van der Waals surface area (Å²) in [4.78, 5) is 10.7. The van der Waals surface area contributed by atoms with Crippen molar-refractivity contribution in [2.24, 2.45) is 0 Å². The van der Waals surface area contributed by atoms with Gasteiger partial charge in [-0.05, 0) is 29.8 Å². The van der Waals surface area contributed by atoms with Crippen molar-refractivity contribution in [2.45, 2.75) is 6.92 Å². The summed E-state index contributed by atoms with van der Waals surface area (Å²) in [5.41, 5.74) is 5.59. The van der Waals surface area contributed by atoms with Crippen LogP contribution in [0.3, 0.4) is 0 Å². The topological polar surface area (TPSA) is 26.3 Å². The Hall–Kier alpha value is -3.01. The number of hydrogen-bond donors (Lipinski definition) is 0. The lowest BCUT2D eigenvalue weighted by atomic mass is 10.1. The zero-order valence-electron chi connectivity index (χ0n) is 11.7. The van der Waals surface area contributed by atoms with E-state index in [-0.39, 0.29) is 5.97 Å². The first kappa shape index (κ1) is 14.4. The van der Waals surface area contributed by atoms with Crippen LogP contribution in [-0.2, 0) is 9.53 Å². The van der Waals surface area contributed by atoms with Crippen LogP contribution in [0, 0.1) is 11.8 Å². The van der Waals surface area contributed by atoms with Gasteiger partial charge in [-0.25, -0.2) is 0 Å². The van der Waals surface area contributed by atoms with Crippen molar-refractivity contribution >= 4 is 12.0 Å². The fourth-order valence-electron chi connectivity index (χ4n) is 1.64. The SMILES string of the molecule is CC(=O)OC=C=Cc1ccccc1C#Cc1ccccc1. The summed E-state index contributed by atoms with van der Waals surface area (Å²) in [7, 11) is 0. The molecular formula is C19H14O2. The Balaban J connectivity index is 2.24. The van der Waals surface area contributed by atoms with Crippen molar-refractivity contribution < 1.29 is 9.53 Å². The molecule has 0 aliphatic heterocycles. The molecule has 2 nitrogen and oxygen atoms in total. The zero-order valence-corrected chi connectivity index (χ0v) is 11.7. The summed E-state index contributed by atoms with van der Waals surface area (Å²) in [6.45, 7) is 1.34. The molecule has 0 saturated heterocycles. The van der Waals surface area contributed by atoms with E-state index in [4.69, 9.17) is 4.74 Å². The Morgan fingerprint density at radius 2 is 1.71 bits per heavy atom. The minimum atomic E-state index is -0.368. The van der Waals surface area contributed by atoms with Crippen LogP contribution in [-0.4, -0.2) is 5.97 Å². The van der Waals surface area contributed by atoms with Crippen LogP contribution in [0.4, 0.5) is 0 Å². The molecule has 0 aromatic heterocycles. The Kier molecular flexibility index (Phi) is 5.18. The van der Waals surface area contributed by atoms with E-state index >= 15 is 0 Å². The molecule has 0 heterocycles. The van der Waals surface area contributed by atoms with E-state index in [0.717, 1.165) is 16.7 Å². The van der Waals surface area contributed by atoms with Gasteiger partial charge >= 0.3 is 5.97 Å². The van der Waals surface area contributed by atoms with Crippen molar-refractivity contribution in [3.8, 4) is 11.8 Å². The first-order valence-electron chi connectivity index (χ1n) is 6.50. The second-order valence-electron chi connectivity index (χ2n) is 4.24. The van der Waals surface area contributed by atoms with E-state index < -0.39 is 0 Å². The average molecular weight is 274 g/mol. The monoisotopic (exact) mass is 274 g/mol. The summed E-state index contributed by atoms with van der Waals surface area (Å²) in [6.07, 6.45) is 2.97. The lowest BCUT2D eigenvalue weighted by molar-refractivity contribution is -0.135. The zero-order chi connectivity index (χ0) is 14.9. The summed E-state index contributed by atoms with van der Waals surface area (Å²) in [5.74, 6) is 5.89. The summed E-state index contributed by atoms with van der Waals surface area (Å²) in [6, 6.07) is 17.5. The highest BCUT2D eigenvalue weighted by Crippen LogP contribution is 2.09. The molecule has 2 aromatic carbocycles. The summed E-state index contributed by atoms with van der Waals surface area (Å²) in [5, 5.41) is 0. The van der Waals surface area contributed by atoms with E-state index in [0.29, 0.717) is 0 Å². The number of hydrogen-bond acceptors (Lipinski definition) is 2. The number of ether oxygens (including phenoxy) is 1. The van der Waals surface area contributed by atoms with Gasteiger partial charge in [0.2, 0.25) is 0 Å². The standard InChI is InChI=1S/C19H14O2/c1-16(20)21-15-7-12-18-10-5-6-11-19(18)14-13-17-8-3-2-4-9-17/h2-6,8-12,15H,1H3. The number of benzene rings is 2. The molecule has 0 aliphatic rings. The molecule has 2 rings (SSSR count). The fraction of sp³-hybridized carbons (Fsp3) is 0.0526. The lowest BCUT2D eigenvalue weighted by Gasteiger charge is -1.96. The highest BCUT2D eigenvalue weighted by molar-refractivity contribution is 5.66. The predicted octanol–water partition coefficient (Wildman–Crippen LogP) is 3.78. The van der Waals surface area contributed by atoms with Crippen molar-refractivity contribution in [1.82, 2.24) is 0 Å². The van der Waals surface area contributed by atoms with Crippen LogP contribution in [0.25, 0.3) is 6.08 Å². The van der Waals surface area contributed by atoms with Crippen LogP contribution < -0.4 is 0 Å². The van der Waals surface area contributed by atoms with Crippen LogP contribution in [0.5, 0.6) is 0 Å². The molecule has 0 aliphatic carbocycles. The summed E-state index contributed by atoms with van der Waals surface area (Å²) >= 11 is 0. The van der Waals surface area contributed by atoms with Gasteiger partial charge in [-0.1, -0.05) is 54.0 Å². The third-order valence-electron chi connectivity index (χ3n) is 2.61. The minimum absolute atomic E-state index is 0.368. The van der Waals surface area contributed by atoms with E-state index in [2.05, 4.69) is 17.6 Å². The van der Waals surface area contributed by atoms with Crippen LogP contribution >= 0.6 is 0 Å². The Morgan fingerprint density at radius 1 is 1.00 bits per heavy atom. The molecule has 0 radical (unpaired) electrons. The number of carbonyl (C=O) groups excluding carboxylic acids is 1. The van der Waals surface area contributed by atoms with E-state index in [1.165, 1.54) is 13.2 Å². The van der Waals surface area contributed by atoms with Gasteiger partial charge < -0.3 is 4.74 Å². The van der Waals surface area contributed by atoms with Gasteiger partial charge in [0.25, 0.3) is 0 Å². The molecule has 0 unspecified atom stereocenters. The molecular weight excluding hydrogens is 260 g/mol. The normalized spacial score (nSPS) is 8.81. The second-order valence-corrected chi connectivity index (χ2v) is 4.24. The first-order chi connectivity index (χ1) is 10.3. The number of rotatable bonds is 2. The van der Waals surface area contributed by atoms with Gasteiger partial charge in [-0.2, -0.15) is 0 Å². The molecule has 102 valence electrons. The van der Waals surface area contributed by atoms with E-state index in [1.807, 2.05) is 54.6 Å². The number of carbonyl (C=O) groups is 1. The van der Waals surface area contributed by atoms with Crippen molar-refractivity contribution in [3.05, 3.63) is 83.3 Å². The Morgan fingerprint density at radius 3 is 2.48 bits per heavy atom. The van der Waals surface area contributed by atoms with Gasteiger partial charge in [0, 0.05) is 18.1 Å². The highest BCUT2D eigenvalue weighted by atomic mass is 16.5. The smallest absolute Gasteiger partial charge is 0.308 e. The third-order valence-corrected chi connectivity index (χ3v) is 2.61. The molecule has 0 bridgehead atoms. The fourth-order valence-corrected chi connectivity index (χ4v) is 1.64. The van der Waals surface area contributed by atoms with E-state index in [1.54, 1.807) is 6.08 Å². The molecule has 2 heteroatoms. The highest BCUT2D eigenvalue weighted by Gasteiger charge is 1.94. The molecule has 2 aromatic rings. The van der Waals surface area contributed by atoms with Gasteiger partial charge in [0.15, 0.2) is 0 Å². The Labute approximate surface area is 124 Å². The number of esters is 1. The largest absolute Gasteiger partial charge is 0.426 e. The van der Waals surface area contributed by atoms with Crippen LogP contribution in [0.15, 0.2) is 66.6 Å². The molecule has 0 N–H and O–H groups in total. The van der Waals surface area contributed by atoms with Gasteiger partial charge in [-0.15, -0.1) is 0 Å². The molecule has 0 atom stereocenters. The van der Waals surface area contributed by atoms with E-state index in [9.17, 15) is 4.79 Å². The molecule has 0 amide bonds. The molecule has 0 fully saturated rings. The maximum atomic E-state index is 10.7. The quantitative estimate of drug-likeness (QED) is 0.360. The average Bonchev–Trinajstić information content (AvgIpc) is 2.51. The van der Waals surface area contributed by atoms with Crippen molar-refractivity contribution in [1.29, 1.82) is 0 Å². The first-order valence-corrected chi connectivity index (χ1v) is 6.50. The summed E-state index contributed by atoms with van der Waals surface area (Å²) < 4.78 is 4.69. The van der Waals surface area contributed by atoms with Crippen LogP contribution in [0.2, 0.25) is 0 Å². The molecule has 0 saturated carbocycles. The third kappa shape index (κ3) is 4.87. The minimum Gasteiger partial charge on any atom is -0.426 e. The van der Waals surface area contributed by atoms with Gasteiger partial charge in [-0.3, -0.25) is 4.79 Å². The maximum absolute atomic E-state index is 10.7. The lowest BCUT2D eigenvalue weighted by Crippen LogP contribution is -1.88.